The molecule has 0 spiro atoms. The number of benzene rings is 1. The van der Waals surface area contributed by atoms with E-state index in [1.54, 1.807) is 6.07 Å². The number of aromatic amines is 1. The lowest BCUT2D eigenvalue weighted by Crippen LogP contribution is -2.12. The van der Waals surface area contributed by atoms with Crippen molar-refractivity contribution < 1.29 is 9.18 Å². The predicted octanol–water partition coefficient (Wildman–Crippen LogP) is 2.56. The van der Waals surface area contributed by atoms with Gasteiger partial charge >= 0.3 is 0 Å². The van der Waals surface area contributed by atoms with Crippen LogP contribution in [0.1, 0.15) is 10.5 Å². The highest BCUT2D eigenvalue weighted by Gasteiger charge is 2.08. The number of nitrogens with zero attached hydrogens (tertiary/aromatic N) is 1. The summed E-state index contributed by atoms with van der Waals surface area (Å²) in [5, 5.41) is 8.71. The lowest BCUT2D eigenvalue weighted by atomic mass is 10.3. The minimum Gasteiger partial charge on any atom is -0.321 e. The van der Waals surface area contributed by atoms with E-state index in [9.17, 15) is 9.18 Å². The minimum absolute atomic E-state index is 0.323. The number of amides is 1. The maximum absolute atomic E-state index is 13.2. The minimum atomic E-state index is -0.428. The molecule has 0 aliphatic carbocycles. The van der Waals surface area contributed by atoms with Crippen LogP contribution in [0.5, 0.6) is 0 Å². The molecule has 0 aliphatic rings. The molecule has 1 aromatic carbocycles. The molecule has 2 aromatic rings. The lowest BCUT2D eigenvalue weighted by molar-refractivity contribution is 0.102. The van der Waals surface area contributed by atoms with E-state index >= 15 is 0 Å². The number of aromatic nitrogens is 2. The molecule has 4 nitrogen and oxygen atoms in total. The molecule has 0 saturated heterocycles. The van der Waals surface area contributed by atoms with Gasteiger partial charge in [0, 0.05) is 11.9 Å². The van der Waals surface area contributed by atoms with Gasteiger partial charge in [0.1, 0.15) is 11.5 Å². The molecule has 0 radical (unpaired) electrons. The molecule has 1 amide bonds. The fraction of sp³-hybridized carbons (Fsp3) is 0. The number of hydrogen-bond acceptors (Lipinski definition) is 2. The van der Waals surface area contributed by atoms with Crippen molar-refractivity contribution in [3.8, 4) is 0 Å². The van der Waals surface area contributed by atoms with E-state index in [1.165, 1.54) is 24.4 Å². The van der Waals surface area contributed by atoms with Crippen LogP contribution < -0.4 is 5.32 Å². The third-order valence-electron chi connectivity index (χ3n) is 1.92. The van der Waals surface area contributed by atoms with Crippen LogP contribution >= 0.6 is 15.9 Å². The number of H-pyrrole nitrogens is 1. The number of halogens is 2. The third kappa shape index (κ3) is 2.27. The number of nitrogens with one attached hydrogen (secondary N) is 2. The second kappa shape index (κ2) is 4.44. The van der Waals surface area contributed by atoms with E-state index in [0.717, 1.165) is 0 Å². The highest BCUT2D eigenvalue weighted by atomic mass is 79.9. The smallest absolute Gasteiger partial charge is 0.273 e. The predicted molar refractivity (Wildman–Crippen MR) is 60.6 cm³/mol. The highest BCUT2D eigenvalue weighted by Crippen LogP contribution is 2.19. The van der Waals surface area contributed by atoms with E-state index in [1.807, 2.05) is 0 Å². The summed E-state index contributed by atoms with van der Waals surface area (Å²) < 4.78 is 13.5. The Morgan fingerprint density at radius 1 is 1.44 bits per heavy atom. The molecule has 1 heterocycles. The second-order valence-corrected chi connectivity index (χ2v) is 3.91. The van der Waals surface area contributed by atoms with Gasteiger partial charge in [-0.1, -0.05) is 0 Å². The Morgan fingerprint density at radius 2 is 2.25 bits per heavy atom. The normalized spacial score (nSPS) is 10.1. The van der Waals surface area contributed by atoms with Gasteiger partial charge in [0.2, 0.25) is 0 Å². The van der Waals surface area contributed by atoms with E-state index < -0.39 is 5.82 Å². The van der Waals surface area contributed by atoms with Crippen molar-refractivity contribution >= 4 is 27.5 Å². The van der Waals surface area contributed by atoms with Crippen LogP contribution in [0.25, 0.3) is 0 Å². The van der Waals surface area contributed by atoms with E-state index in [-0.39, 0.29) is 5.91 Å². The lowest BCUT2D eigenvalue weighted by Gasteiger charge is -2.04. The maximum atomic E-state index is 13.2. The van der Waals surface area contributed by atoms with E-state index in [2.05, 4.69) is 31.4 Å². The molecule has 6 heteroatoms. The summed E-state index contributed by atoms with van der Waals surface area (Å²) in [4.78, 5) is 11.6. The van der Waals surface area contributed by atoms with E-state index in [4.69, 9.17) is 0 Å². The van der Waals surface area contributed by atoms with Crippen LogP contribution in [0.4, 0.5) is 10.1 Å². The van der Waals surface area contributed by atoms with Gasteiger partial charge < -0.3 is 5.32 Å². The van der Waals surface area contributed by atoms with Crippen molar-refractivity contribution in [1.82, 2.24) is 10.2 Å². The van der Waals surface area contributed by atoms with Gasteiger partial charge in [-0.15, -0.1) is 0 Å². The topological polar surface area (TPSA) is 57.8 Å². The Balaban J connectivity index is 2.15. The number of carbonyl (C=O) groups excluding carboxylic acids is 1. The van der Waals surface area contributed by atoms with Crippen LogP contribution in [-0.2, 0) is 0 Å². The van der Waals surface area contributed by atoms with Gasteiger partial charge in [-0.3, -0.25) is 9.89 Å². The zero-order chi connectivity index (χ0) is 11.5. The molecular formula is C10H7BrFN3O. The van der Waals surface area contributed by atoms with Crippen molar-refractivity contribution in [2.24, 2.45) is 0 Å². The summed E-state index contributed by atoms with van der Waals surface area (Å²) in [5.41, 5.74) is 0.712. The Labute approximate surface area is 99.0 Å². The van der Waals surface area contributed by atoms with Crippen molar-refractivity contribution in [3.63, 3.8) is 0 Å². The van der Waals surface area contributed by atoms with Crippen molar-refractivity contribution in [1.29, 1.82) is 0 Å². The Morgan fingerprint density at radius 3 is 2.88 bits per heavy atom. The number of carbonyl (C=O) groups is 1. The molecule has 0 aliphatic heterocycles. The van der Waals surface area contributed by atoms with Gasteiger partial charge in [-0.05, 0) is 40.2 Å². The quantitative estimate of drug-likeness (QED) is 0.890. The van der Waals surface area contributed by atoms with Crippen LogP contribution in [0.15, 0.2) is 34.9 Å². The first-order valence-corrected chi connectivity index (χ1v) is 5.22. The molecule has 1 aromatic heterocycles. The average molecular weight is 284 g/mol. The van der Waals surface area contributed by atoms with Crippen LogP contribution in [0, 0.1) is 5.82 Å². The van der Waals surface area contributed by atoms with Crippen molar-refractivity contribution in [2.45, 2.75) is 0 Å². The maximum Gasteiger partial charge on any atom is 0.273 e. The molecular weight excluding hydrogens is 277 g/mol. The molecule has 2 rings (SSSR count). The van der Waals surface area contributed by atoms with Gasteiger partial charge in [-0.2, -0.15) is 5.10 Å². The van der Waals surface area contributed by atoms with E-state index in [0.29, 0.717) is 15.9 Å². The Kier molecular flexibility index (Phi) is 3.00. The second-order valence-electron chi connectivity index (χ2n) is 3.05. The van der Waals surface area contributed by atoms with Gasteiger partial charge in [0.25, 0.3) is 5.91 Å². The number of rotatable bonds is 2. The van der Waals surface area contributed by atoms with Crippen molar-refractivity contribution in [2.75, 3.05) is 5.32 Å². The van der Waals surface area contributed by atoms with Gasteiger partial charge in [0.05, 0.1) is 4.47 Å². The molecule has 0 saturated carbocycles. The molecule has 0 unspecified atom stereocenters. The summed E-state index contributed by atoms with van der Waals surface area (Å²) in [6.45, 7) is 0. The fourth-order valence-corrected chi connectivity index (χ4v) is 1.40. The molecule has 0 atom stereocenters. The summed E-state index contributed by atoms with van der Waals surface area (Å²) in [6.07, 6.45) is 1.47. The monoisotopic (exact) mass is 283 g/mol. The summed E-state index contributed by atoms with van der Waals surface area (Å²) in [6, 6.07) is 5.89. The van der Waals surface area contributed by atoms with Crippen molar-refractivity contribution in [3.05, 3.63) is 46.4 Å². The summed E-state index contributed by atoms with van der Waals surface area (Å²) in [5.74, 6) is -0.790. The number of hydrogen-bond donors (Lipinski definition) is 2. The zero-order valence-corrected chi connectivity index (χ0v) is 9.58. The zero-order valence-electron chi connectivity index (χ0n) is 8.00. The molecule has 0 fully saturated rings. The highest BCUT2D eigenvalue weighted by molar-refractivity contribution is 9.10. The molecule has 2 N–H and O–H groups in total. The Bertz CT molecular complexity index is 513. The SMILES string of the molecule is O=C(Nc1ccc(Br)c(F)c1)c1ccn[nH]1. The third-order valence-corrected chi connectivity index (χ3v) is 2.57. The van der Waals surface area contributed by atoms with Gasteiger partial charge in [-0.25, -0.2) is 4.39 Å². The first-order chi connectivity index (χ1) is 7.66. The first-order valence-electron chi connectivity index (χ1n) is 4.42. The van der Waals surface area contributed by atoms with Gasteiger partial charge in [0.15, 0.2) is 0 Å². The number of anilines is 1. The van der Waals surface area contributed by atoms with Crippen LogP contribution in [-0.4, -0.2) is 16.1 Å². The first kappa shape index (κ1) is 10.8. The largest absolute Gasteiger partial charge is 0.321 e. The Hall–Kier alpha value is -1.69. The summed E-state index contributed by atoms with van der Waals surface area (Å²) in [7, 11) is 0. The van der Waals surface area contributed by atoms with Crippen LogP contribution in [0.2, 0.25) is 0 Å². The standard InChI is InChI=1S/C10H7BrFN3O/c11-7-2-1-6(5-8(7)12)14-10(16)9-3-4-13-15-9/h1-5H,(H,13,15)(H,14,16). The summed E-state index contributed by atoms with van der Waals surface area (Å²) >= 11 is 3.03. The van der Waals surface area contributed by atoms with Crippen LogP contribution in [0.3, 0.4) is 0 Å². The molecule has 0 bridgehead atoms. The average Bonchev–Trinajstić information content (AvgIpc) is 2.77. The fourth-order valence-electron chi connectivity index (χ4n) is 1.15. The molecule has 16 heavy (non-hydrogen) atoms. The molecule has 82 valence electrons.